The lowest BCUT2D eigenvalue weighted by molar-refractivity contribution is -0.137. The molecule has 0 aliphatic rings. The van der Waals surface area contributed by atoms with E-state index in [0.717, 1.165) is 36.5 Å². The van der Waals surface area contributed by atoms with Crippen molar-refractivity contribution in [3.8, 4) is 6.07 Å². The molecule has 0 spiro atoms. The van der Waals surface area contributed by atoms with Crippen LogP contribution in [0.15, 0.2) is 65.2 Å². The third-order valence-corrected chi connectivity index (χ3v) is 4.18. The fourth-order valence-corrected chi connectivity index (χ4v) is 2.55. The second-order valence-electron chi connectivity index (χ2n) is 5.35. The first kappa shape index (κ1) is 20.9. The van der Waals surface area contributed by atoms with E-state index in [1.807, 2.05) is 0 Å². The smallest absolute Gasteiger partial charge is 0.360 e. The zero-order chi connectivity index (χ0) is 20.9. The minimum atomic E-state index is -4.55. The summed E-state index contributed by atoms with van der Waals surface area (Å²) in [6.45, 7) is 0. The first-order valence-electron chi connectivity index (χ1n) is 7.43. The molecule has 7 nitrogen and oxygen atoms in total. The summed E-state index contributed by atoms with van der Waals surface area (Å²) in [5, 5.41) is 13.8. The van der Waals surface area contributed by atoms with Gasteiger partial charge in [-0.25, -0.2) is 0 Å². The maximum absolute atomic E-state index is 12.7. The standard InChI is InChI=1S/C17H12F3N3O4S/c18-17(19,20)12-3-1-4-13(7-12)22-10-11(9-21)16(24)23-14-5-2-6-15(8-14)28(25,26)27/h1-8,10,22H,(H,23,24)(H,25,26,27)/b11-10-. The predicted molar refractivity (Wildman–Crippen MR) is 93.6 cm³/mol. The summed E-state index contributed by atoms with van der Waals surface area (Å²) in [6.07, 6.45) is -3.63. The Balaban J connectivity index is 2.17. The minimum absolute atomic E-state index is 0.00347. The van der Waals surface area contributed by atoms with Crippen LogP contribution in [-0.2, 0) is 21.1 Å². The van der Waals surface area contributed by atoms with Crippen molar-refractivity contribution in [1.82, 2.24) is 0 Å². The predicted octanol–water partition coefficient (Wildman–Crippen LogP) is 3.41. The lowest BCUT2D eigenvalue weighted by Gasteiger charge is -2.09. The van der Waals surface area contributed by atoms with Crippen LogP contribution in [0.1, 0.15) is 5.56 Å². The van der Waals surface area contributed by atoms with Crippen molar-refractivity contribution in [2.75, 3.05) is 10.6 Å². The SMILES string of the molecule is N#C/C(=C/Nc1cccc(C(F)(F)F)c1)C(=O)Nc1cccc(S(=O)(=O)O)c1. The second-order valence-corrected chi connectivity index (χ2v) is 6.77. The largest absolute Gasteiger partial charge is 0.416 e. The Bertz CT molecular complexity index is 1070. The van der Waals surface area contributed by atoms with E-state index in [1.165, 1.54) is 18.2 Å². The van der Waals surface area contributed by atoms with Crippen LogP contribution in [0.3, 0.4) is 0 Å². The molecule has 11 heteroatoms. The molecule has 1 amide bonds. The van der Waals surface area contributed by atoms with Gasteiger partial charge >= 0.3 is 6.18 Å². The molecule has 0 unspecified atom stereocenters. The molecule has 0 aliphatic carbocycles. The third-order valence-electron chi connectivity index (χ3n) is 3.33. The van der Waals surface area contributed by atoms with Gasteiger partial charge in [0.2, 0.25) is 0 Å². The molecule has 0 aliphatic heterocycles. The summed E-state index contributed by atoms with van der Waals surface area (Å²) in [5.74, 6) is -0.936. The van der Waals surface area contributed by atoms with Gasteiger partial charge in [0, 0.05) is 17.6 Å². The number of hydrogen-bond acceptors (Lipinski definition) is 5. The van der Waals surface area contributed by atoms with Gasteiger partial charge in [-0.3, -0.25) is 9.35 Å². The Morgan fingerprint density at radius 1 is 1.11 bits per heavy atom. The van der Waals surface area contributed by atoms with Gasteiger partial charge < -0.3 is 10.6 Å². The Morgan fingerprint density at radius 2 is 1.75 bits per heavy atom. The number of carbonyl (C=O) groups excluding carboxylic acids is 1. The van der Waals surface area contributed by atoms with Crippen LogP contribution in [0.4, 0.5) is 24.5 Å². The molecule has 0 saturated heterocycles. The molecule has 28 heavy (non-hydrogen) atoms. The van der Waals surface area contributed by atoms with Crippen LogP contribution in [-0.4, -0.2) is 18.9 Å². The maximum atomic E-state index is 12.7. The van der Waals surface area contributed by atoms with Gasteiger partial charge in [-0.1, -0.05) is 12.1 Å². The quantitative estimate of drug-likeness (QED) is 0.394. The highest BCUT2D eigenvalue weighted by atomic mass is 32.2. The number of halogens is 3. The van der Waals surface area contributed by atoms with Gasteiger partial charge in [-0.05, 0) is 36.4 Å². The fraction of sp³-hybridized carbons (Fsp3) is 0.0588. The minimum Gasteiger partial charge on any atom is -0.360 e. The molecule has 0 aromatic heterocycles. The Hall–Kier alpha value is -3.36. The van der Waals surface area contributed by atoms with E-state index in [-0.39, 0.29) is 11.4 Å². The number of nitriles is 1. The van der Waals surface area contributed by atoms with Crippen molar-refractivity contribution in [3.63, 3.8) is 0 Å². The number of nitrogens with one attached hydrogen (secondary N) is 2. The molecule has 146 valence electrons. The number of benzene rings is 2. The summed E-state index contributed by atoms with van der Waals surface area (Å²) < 4.78 is 69.3. The molecule has 0 radical (unpaired) electrons. The lowest BCUT2D eigenvalue weighted by atomic mass is 10.2. The normalized spacial score (nSPS) is 12.2. The fourth-order valence-electron chi connectivity index (χ4n) is 2.02. The monoisotopic (exact) mass is 411 g/mol. The zero-order valence-corrected chi connectivity index (χ0v) is 14.7. The number of carbonyl (C=O) groups is 1. The molecular formula is C17H12F3N3O4S. The van der Waals surface area contributed by atoms with Crippen LogP contribution < -0.4 is 10.6 Å². The molecule has 3 N–H and O–H groups in total. The number of hydrogen-bond donors (Lipinski definition) is 3. The third kappa shape index (κ3) is 5.57. The molecule has 0 bridgehead atoms. The van der Waals surface area contributed by atoms with Crippen molar-refractivity contribution in [2.45, 2.75) is 11.1 Å². The van der Waals surface area contributed by atoms with Gasteiger partial charge in [0.1, 0.15) is 11.6 Å². The maximum Gasteiger partial charge on any atom is 0.416 e. The van der Waals surface area contributed by atoms with Gasteiger partial charge in [0.25, 0.3) is 16.0 Å². The summed E-state index contributed by atoms with van der Waals surface area (Å²) in [4.78, 5) is 11.7. The molecule has 0 saturated carbocycles. The Labute approximate surface area is 157 Å². The molecule has 0 fully saturated rings. The van der Waals surface area contributed by atoms with Crippen molar-refractivity contribution in [2.24, 2.45) is 0 Å². The van der Waals surface area contributed by atoms with Crippen LogP contribution in [0.5, 0.6) is 0 Å². The van der Waals surface area contributed by atoms with Crippen LogP contribution in [0, 0.1) is 11.3 Å². The van der Waals surface area contributed by atoms with Crippen molar-refractivity contribution >= 4 is 27.4 Å². The average molecular weight is 411 g/mol. The topological polar surface area (TPSA) is 119 Å². The van der Waals surface area contributed by atoms with E-state index in [2.05, 4.69) is 10.6 Å². The van der Waals surface area contributed by atoms with Crippen LogP contribution in [0.2, 0.25) is 0 Å². The first-order valence-corrected chi connectivity index (χ1v) is 8.87. The van der Waals surface area contributed by atoms with Crippen molar-refractivity contribution < 1.29 is 30.9 Å². The Kier molecular flexibility index (Phi) is 6.07. The van der Waals surface area contributed by atoms with Crippen molar-refractivity contribution in [3.05, 3.63) is 65.9 Å². The van der Waals surface area contributed by atoms with Gasteiger partial charge in [-0.2, -0.15) is 26.9 Å². The lowest BCUT2D eigenvalue weighted by Crippen LogP contribution is -2.15. The number of alkyl halides is 3. The highest BCUT2D eigenvalue weighted by molar-refractivity contribution is 7.85. The van der Waals surface area contributed by atoms with E-state index in [9.17, 15) is 26.4 Å². The highest BCUT2D eigenvalue weighted by Gasteiger charge is 2.30. The molecule has 2 rings (SSSR count). The number of rotatable bonds is 5. The summed E-state index contributed by atoms with van der Waals surface area (Å²) in [6, 6.07) is 10.4. The molecule has 2 aromatic rings. The Morgan fingerprint density at radius 3 is 2.36 bits per heavy atom. The zero-order valence-electron chi connectivity index (χ0n) is 13.9. The molecule has 0 heterocycles. The summed E-state index contributed by atoms with van der Waals surface area (Å²) in [5.41, 5.74) is -1.39. The van der Waals surface area contributed by atoms with Gasteiger partial charge in [-0.15, -0.1) is 0 Å². The van der Waals surface area contributed by atoms with Crippen molar-refractivity contribution in [1.29, 1.82) is 5.26 Å². The van der Waals surface area contributed by atoms with Gasteiger partial charge in [0.15, 0.2) is 0 Å². The van der Waals surface area contributed by atoms with Crippen LogP contribution in [0.25, 0.3) is 0 Å². The molecular weight excluding hydrogens is 399 g/mol. The summed E-state index contributed by atoms with van der Waals surface area (Å²) in [7, 11) is -4.48. The second kappa shape index (κ2) is 8.12. The van der Waals surface area contributed by atoms with E-state index >= 15 is 0 Å². The number of nitrogens with zero attached hydrogens (tertiary/aromatic N) is 1. The first-order chi connectivity index (χ1) is 13.0. The van der Waals surface area contributed by atoms with Gasteiger partial charge in [0.05, 0.1) is 10.5 Å². The van der Waals surface area contributed by atoms with E-state index in [0.29, 0.717) is 0 Å². The summed E-state index contributed by atoms with van der Waals surface area (Å²) >= 11 is 0. The molecule has 2 aromatic carbocycles. The van der Waals surface area contributed by atoms with E-state index < -0.39 is 38.2 Å². The highest BCUT2D eigenvalue weighted by Crippen LogP contribution is 2.30. The van der Waals surface area contributed by atoms with Crippen LogP contribution >= 0.6 is 0 Å². The van der Waals surface area contributed by atoms with E-state index in [1.54, 1.807) is 6.07 Å². The average Bonchev–Trinajstić information content (AvgIpc) is 2.61. The number of anilines is 2. The number of amides is 1. The van der Waals surface area contributed by atoms with E-state index in [4.69, 9.17) is 9.81 Å². The molecule has 0 atom stereocenters.